The number of rotatable bonds is 26. The fraction of sp³-hybridized carbons (Fsp3) is 0.676. The first-order valence-electron chi connectivity index (χ1n) is 33.0. The van der Waals surface area contributed by atoms with Crippen molar-refractivity contribution in [1.82, 2.24) is 24.7 Å². The summed E-state index contributed by atoms with van der Waals surface area (Å²) in [5.74, 6) is 0.566. The third kappa shape index (κ3) is 41.5. The Morgan fingerprint density at radius 2 is 0.833 bits per heavy atom. The molecule has 0 saturated heterocycles. The van der Waals surface area contributed by atoms with Crippen LogP contribution < -0.4 is 9.47 Å². The van der Waals surface area contributed by atoms with E-state index in [1.165, 1.54) is 71.2 Å². The molecule has 2 N–H and O–H groups in total. The van der Waals surface area contributed by atoms with Crippen molar-refractivity contribution in [3.63, 3.8) is 0 Å². The van der Waals surface area contributed by atoms with Crippen LogP contribution in [0.4, 0.5) is 30.6 Å². The van der Waals surface area contributed by atoms with E-state index in [0.717, 1.165) is 19.4 Å². The van der Waals surface area contributed by atoms with Gasteiger partial charge in [-0.3, -0.25) is 30.2 Å². The number of carbonyl (C=O) groups excluding carboxylic acids is 4. The van der Waals surface area contributed by atoms with Crippen molar-refractivity contribution in [2.75, 3.05) is 99.5 Å². The minimum Gasteiger partial charge on any atom is -0.455 e. The molecule has 0 bridgehead atoms. The monoisotopic (exact) mass is 1590 g/mol. The van der Waals surface area contributed by atoms with Crippen LogP contribution in [0.1, 0.15) is 130 Å². The highest BCUT2D eigenvalue weighted by molar-refractivity contribution is 7.20. The Morgan fingerprint density at radius 1 is 0.510 bits per heavy atom. The fourth-order valence-electron chi connectivity index (χ4n) is 6.10. The van der Waals surface area contributed by atoms with Crippen molar-refractivity contribution >= 4 is 135 Å². The number of hydrogen-bond acceptors (Lipinski definition) is 21. The summed E-state index contributed by atoms with van der Waals surface area (Å²) in [7, 11) is -1.66. The van der Waals surface area contributed by atoms with Gasteiger partial charge in [-0.2, -0.15) is 11.1 Å². The lowest BCUT2D eigenvalue weighted by molar-refractivity contribution is -0.383. The van der Waals surface area contributed by atoms with Crippen molar-refractivity contribution < 1.29 is 80.9 Å². The molecular weight excluding hydrogens is 1470 g/mol. The van der Waals surface area contributed by atoms with E-state index in [2.05, 4.69) is 180 Å². The highest BCUT2D eigenvalue weighted by atomic mass is 35.6. The van der Waals surface area contributed by atoms with Crippen LogP contribution >= 0.6 is 45.9 Å². The number of halogens is 4. The second-order valence-electron chi connectivity index (χ2n) is 28.8. The molecule has 0 aliphatic carbocycles. The lowest BCUT2D eigenvalue weighted by Crippen LogP contribution is -2.43. The van der Waals surface area contributed by atoms with Crippen LogP contribution in [-0.2, 0) is 32.2 Å². The van der Waals surface area contributed by atoms with Gasteiger partial charge in [-0.05, 0) is 109 Å². The Bertz CT molecular complexity index is 3060. The third-order valence-corrected chi connectivity index (χ3v) is 36.0. The molecule has 0 aliphatic heterocycles. The van der Waals surface area contributed by atoms with Crippen LogP contribution in [0.3, 0.4) is 0 Å². The molecule has 0 unspecified atom stereocenters. The summed E-state index contributed by atoms with van der Waals surface area (Å²) >= 11 is 21.0. The highest BCUT2D eigenvalue weighted by Gasteiger charge is 2.39. The van der Waals surface area contributed by atoms with Gasteiger partial charge in [-0.1, -0.05) is 153 Å². The lowest BCUT2D eigenvalue weighted by Gasteiger charge is -2.36. The zero-order valence-electron chi connectivity index (χ0n) is 64.6. The normalized spacial score (nSPS) is 11.5. The maximum absolute atomic E-state index is 12.2. The Labute approximate surface area is 631 Å². The largest absolute Gasteiger partial charge is 0.455 e. The van der Waals surface area contributed by atoms with E-state index in [9.17, 15) is 39.4 Å². The summed E-state index contributed by atoms with van der Waals surface area (Å²) in [6, 6.07) is 11.5. The number of likely N-dealkylation sites (N-methyl/N-ethyl adjacent to an activating group) is 3. The van der Waals surface area contributed by atoms with E-state index in [1.54, 1.807) is 38.4 Å². The molecule has 34 heteroatoms. The number of amides is 3. The van der Waals surface area contributed by atoms with Crippen molar-refractivity contribution in [1.29, 1.82) is 0 Å². The summed E-state index contributed by atoms with van der Waals surface area (Å²) < 4.78 is 47.4. The molecule has 4 aromatic rings. The van der Waals surface area contributed by atoms with E-state index < -0.39 is 65.9 Å². The van der Waals surface area contributed by atoms with Crippen LogP contribution in [0.15, 0.2) is 60.9 Å². The van der Waals surface area contributed by atoms with Crippen LogP contribution in [0.5, 0.6) is 11.5 Å². The number of aliphatic hydroxyl groups excluding tert-OH is 2. The smallest absolute Gasteiger partial charge is 0.412 e. The number of fused-ring (bicyclic) bond motifs is 2. The van der Waals surface area contributed by atoms with Gasteiger partial charge >= 0.3 is 23.7 Å². The van der Waals surface area contributed by atoms with Gasteiger partial charge in [0.2, 0.25) is 13.6 Å². The predicted octanol–water partition coefficient (Wildman–Crippen LogP) is 19.4. The van der Waals surface area contributed by atoms with Gasteiger partial charge in [-0.15, -0.1) is 0 Å². The minimum absolute atomic E-state index is 0. The van der Waals surface area contributed by atoms with Gasteiger partial charge in [-0.25, -0.2) is 19.2 Å². The SMILES string of the molecule is C.CC(C)(C)[Si](C)(C)Cl.CCCCO.CCCCO[Si](C)(C)C(C)(C)C.CN(CCO)C(=O)OCOc1ccc([N+](=O)[O-])c2cccnc12.CN(CCO[Si](C)(C)C(C)(C)C)C(=O)OCCl.CN(CCO[Si](C)(C)C(C)(C)C)C(=O)OCOc1ccc([N+](=O)[O-])c2cccnc12.O=C(Cl)OCCl. The van der Waals surface area contributed by atoms with Crippen LogP contribution in [-0.4, -0.2) is 200 Å². The summed E-state index contributed by atoms with van der Waals surface area (Å²) in [6.45, 7) is 50.8. The quantitative estimate of drug-likeness (QED) is 0.00679. The number of non-ortho nitro benzene ring substituents is 2. The average molecular weight is 1600 g/mol. The number of pyridine rings is 2. The number of hydrogen-bond donors (Lipinski definition) is 2. The molecule has 0 spiro atoms. The number of aliphatic hydroxyl groups is 2. The van der Waals surface area contributed by atoms with Crippen LogP contribution in [0.25, 0.3) is 21.8 Å². The van der Waals surface area contributed by atoms with Gasteiger partial charge < -0.3 is 66.6 Å². The predicted molar refractivity (Wildman–Crippen MR) is 422 cm³/mol. The first-order chi connectivity index (χ1) is 46.3. The second kappa shape index (κ2) is 50.3. The molecule has 0 saturated carbocycles. The molecule has 4 rings (SSSR count). The number of nitro groups is 2. The van der Waals surface area contributed by atoms with Crippen LogP contribution in [0, 0.1) is 20.2 Å². The molecular formula is C68H123Cl4N7O19Si4. The summed E-state index contributed by atoms with van der Waals surface area (Å²) in [5.41, 5.74) is -0.380. The van der Waals surface area contributed by atoms with E-state index >= 15 is 0 Å². The van der Waals surface area contributed by atoms with Gasteiger partial charge in [0.1, 0.15) is 22.5 Å². The molecule has 0 radical (unpaired) electrons. The van der Waals surface area contributed by atoms with Crippen molar-refractivity contribution in [2.45, 2.75) is 203 Å². The molecule has 26 nitrogen and oxygen atoms in total. The van der Waals surface area contributed by atoms with Gasteiger partial charge in [0, 0.05) is 90.1 Å². The molecule has 0 fully saturated rings. The number of alkyl halides is 2. The Hall–Kier alpha value is -5.23. The Morgan fingerprint density at radius 3 is 1.09 bits per heavy atom. The first kappa shape index (κ1) is 103. The third-order valence-electron chi connectivity index (χ3n) is 16.8. The van der Waals surface area contributed by atoms with Crippen molar-refractivity contribution in [3.8, 4) is 11.5 Å². The maximum Gasteiger partial charge on any atom is 0.412 e. The van der Waals surface area contributed by atoms with Gasteiger partial charge in [0.25, 0.3) is 11.4 Å². The van der Waals surface area contributed by atoms with Crippen LogP contribution in [0.2, 0.25) is 72.5 Å². The minimum atomic E-state index is -1.87. The van der Waals surface area contributed by atoms with E-state index in [-0.39, 0.29) is 73.5 Å². The zero-order chi connectivity index (χ0) is 79.0. The molecule has 588 valence electrons. The van der Waals surface area contributed by atoms with Gasteiger partial charge in [0.15, 0.2) is 44.5 Å². The fourth-order valence-corrected chi connectivity index (χ4v) is 9.56. The van der Waals surface area contributed by atoms with E-state index in [1.807, 2.05) is 0 Å². The Balaban J connectivity index is -0.000000594. The number of nitro benzene ring substituents is 2. The molecule has 2 aromatic carbocycles. The van der Waals surface area contributed by atoms with Crippen molar-refractivity contribution in [3.05, 3.63) is 81.2 Å². The second-order valence-corrected chi connectivity index (χ2v) is 51.3. The highest BCUT2D eigenvalue weighted by Crippen LogP contribution is 2.40. The summed E-state index contributed by atoms with van der Waals surface area (Å²) in [4.78, 5) is 78.0. The van der Waals surface area contributed by atoms with Gasteiger partial charge in [0.05, 0.1) is 40.4 Å². The summed E-state index contributed by atoms with van der Waals surface area (Å²) in [6.07, 6.45) is 5.85. The number of ether oxygens (including phenoxy) is 6. The Kier molecular flexibility index (Phi) is 50.9. The number of carbonyl (C=O) groups is 4. The van der Waals surface area contributed by atoms with Crippen molar-refractivity contribution in [2.24, 2.45) is 0 Å². The maximum atomic E-state index is 12.2. The first-order valence-corrected chi connectivity index (χ1v) is 47.2. The molecule has 102 heavy (non-hydrogen) atoms. The number of unbranched alkanes of at least 4 members (excludes halogenated alkanes) is 2. The zero-order valence-corrected chi connectivity index (χ0v) is 71.6. The molecule has 2 heterocycles. The standard InChI is InChI=1S/C20H29N3O6Si.C14H15N3O6.C11H24ClNO3Si.C10H24OSi.C6H15ClSi.C4H10O.C2H2Cl2O2.CH4/c1-20(2,3)30(5,6)29-13-12-22(4)19(24)28-14-27-17-10-9-16(23(25)26)15-8-7-11-21-18(15)17;1-16(7-8-18)14(19)23-9-22-12-5-4-11(17(20)21)10-3-2-6-15-13(10)12;1-11(2,3)17(5,6)16-8-7-13(4)10(14)15-9-12;1-7-8-9-11-12(5,6)10(2,3)4;1-6(2,3)8(4,5)7;1-2-3-4-5;3-1-6-2(4)5;/h7-11H,12-14H2,1-6H3;2-6,18H,7-9H2,1H3;7-9H2,1-6H3;7-9H2,1-6H3;1-5H3;5H,2-4H2,1H3;1H2;1H4. The molecule has 3 amide bonds. The lowest BCUT2D eigenvalue weighted by atomic mass is 10.1. The summed E-state index contributed by atoms with van der Waals surface area (Å²) in [5, 5.41) is 40.6. The average Bonchev–Trinajstić information content (AvgIpc) is 0.806. The number of aromatic nitrogens is 2. The molecule has 0 aliphatic rings. The van der Waals surface area contributed by atoms with E-state index in [0.29, 0.717) is 70.5 Å². The molecule has 2 aromatic heterocycles. The number of benzene rings is 2. The van der Waals surface area contributed by atoms with E-state index in [4.69, 9.17) is 76.7 Å². The topological polar surface area (TPSA) is 314 Å². The number of nitrogens with zero attached hydrogens (tertiary/aromatic N) is 7. The molecule has 0 atom stereocenters.